The third-order valence-electron chi connectivity index (χ3n) is 4.98. The smallest absolute Gasteiger partial charge is 0.126 e. The fourth-order valence-corrected chi connectivity index (χ4v) is 3.61. The Hall–Kier alpha value is -0.450. The third-order valence-corrected chi connectivity index (χ3v) is 5.47. The van der Waals surface area contributed by atoms with Crippen LogP contribution in [0.4, 0.5) is 4.39 Å². The zero-order chi connectivity index (χ0) is 15.7. The van der Waals surface area contributed by atoms with Crippen molar-refractivity contribution in [1.29, 1.82) is 0 Å². The number of methoxy groups -OCH3 is 1. The number of ether oxygens (including phenoxy) is 1. The van der Waals surface area contributed by atoms with Crippen LogP contribution >= 0.6 is 15.9 Å². The molecule has 0 saturated heterocycles. The fourth-order valence-electron chi connectivity index (χ4n) is 3.20. The molecule has 1 aliphatic carbocycles. The van der Waals surface area contributed by atoms with Crippen molar-refractivity contribution in [3.63, 3.8) is 0 Å². The SMILES string of the molecule is COC1(C(N)Cc2cc(Br)ccc2F)CCC(C)(C)CC1. The molecule has 1 saturated carbocycles. The van der Waals surface area contributed by atoms with Crippen LogP contribution in [0, 0.1) is 11.2 Å². The summed E-state index contributed by atoms with van der Waals surface area (Å²) in [6, 6.07) is 4.81. The highest BCUT2D eigenvalue weighted by molar-refractivity contribution is 9.10. The van der Waals surface area contributed by atoms with Crippen molar-refractivity contribution in [2.24, 2.45) is 11.1 Å². The standard InChI is InChI=1S/C17H25BrFNO/c1-16(2)6-8-17(21-3,9-7-16)15(20)11-12-10-13(18)4-5-14(12)19/h4-5,10,15H,6-9,11,20H2,1-3H3. The van der Waals surface area contributed by atoms with Crippen LogP contribution in [0.15, 0.2) is 22.7 Å². The van der Waals surface area contributed by atoms with Crippen molar-refractivity contribution in [2.75, 3.05) is 7.11 Å². The Morgan fingerprint density at radius 1 is 1.29 bits per heavy atom. The first kappa shape index (κ1) is 16.9. The van der Waals surface area contributed by atoms with Crippen LogP contribution in [0.2, 0.25) is 0 Å². The first-order valence-electron chi connectivity index (χ1n) is 7.53. The van der Waals surface area contributed by atoms with E-state index in [1.165, 1.54) is 6.07 Å². The van der Waals surface area contributed by atoms with Crippen LogP contribution in [-0.4, -0.2) is 18.8 Å². The monoisotopic (exact) mass is 357 g/mol. The molecule has 0 heterocycles. The Morgan fingerprint density at radius 2 is 1.90 bits per heavy atom. The Bertz CT molecular complexity index is 494. The highest BCUT2D eigenvalue weighted by atomic mass is 79.9. The summed E-state index contributed by atoms with van der Waals surface area (Å²) in [4.78, 5) is 0. The van der Waals surface area contributed by atoms with Crippen LogP contribution in [0.1, 0.15) is 45.1 Å². The van der Waals surface area contributed by atoms with Crippen molar-refractivity contribution in [3.05, 3.63) is 34.1 Å². The molecule has 1 atom stereocenters. The van der Waals surface area contributed by atoms with Gasteiger partial charge in [-0.3, -0.25) is 0 Å². The lowest BCUT2D eigenvalue weighted by molar-refractivity contribution is -0.0782. The van der Waals surface area contributed by atoms with E-state index in [4.69, 9.17) is 10.5 Å². The van der Waals surface area contributed by atoms with E-state index in [-0.39, 0.29) is 17.5 Å². The largest absolute Gasteiger partial charge is 0.377 e. The van der Waals surface area contributed by atoms with Gasteiger partial charge < -0.3 is 10.5 Å². The van der Waals surface area contributed by atoms with Crippen LogP contribution in [-0.2, 0) is 11.2 Å². The van der Waals surface area contributed by atoms with Crippen molar-refractivity contribution in [1.82, 2.24) is 0 Å². The summed E-state index contributed by atoms with van der Waals surface area (Å²) >= 11 is 3.39. The summed E-state index contributed by atoms with van der Waals surface area (Å²) in [5.74, 6) is -0.198. The van der Waals surface area contributed by atoms with Crippen molar-refractivity contribution in [2.45, 2.75) is 57.6 Å². The van der Waals surface area contributed by atoms with Gasteiger partial charge in [-0.15, -0.1) is 0 Å². The van der Waals surface area contributed by atoms with Gasteiger partial charge in [0.1, 0.15) is 5.82 Å². The number of rotatable bonds is 4. The average Bonchev–Trinajstić information content (AvgIpc) is 2.43. The Morgan fingerprint density at radius 3 is 2.48 bits per heavy atom. The minimum atomic E-state index is -0.329. The molecule has 4 heteroatoms. The minimum Gasteiger partial charge on any atom is -0.377 e. The van der Waals surface area contributed by atoms with E-state index < -0.39 is 0 Å². The van der Waals surface area contributed by atoms with Gasteiger partial charge in [0.25, 0.3) is 0 Å². The van der Waals surface area contributed by atoms with Gasteiger partial charge in [-0.05, 0) is 61.3 Å². The first-order valence-corrected chi connectivity index (χ1v) is 8.32. The maximum Gasteiger partial charge on any atom is 0.126 e. The van der Waals surface area contributed by atoms with Gasteiger partial charge in [0.05, 0.1) is 5.60 Å². The van der Waals surface area contributed by atoms with E-state index in [2.05, 4.69) is 29.8 Å². The molecule has 0 spiro atoms. The predicted octanol–water partition coefficient (Wildman–Crippen LogP) is 4.44. The zero-order valence-corrected chi connectivity index (χ0v) is 14.7. The molecule has 1 fully saturated rings. The molecule has 1 aliphatic rings. The molecule has 0 amide bonds. The van der Waals surface area contributed by atoms with Crippen LogP contribution in [0.3, 0.4) is 0 Å². The summed E-state index contributed by atoms with van der Waals surface area (Å²) < 4.78 is 20.6. The van der Waals surface area contributed by atoms with Gasteiger partial charge in [0.15, 0.2) is 0 Å². The van der Waals surface area contributed by atoms with Gasteiger partial charge in [-0.1, -0.05) is 29.8 Å². The summed E-state index contributed by atoms with van der Waals surface area (Å²) in [6.45, 7) is 4.57. The molecule has 0 aromatic heterocycles. The molecule has 118 valence electrons. The lowest BCUT2D eigenvalue weighted by Crippen LogP contribution is -2.53. The molecule has 1 aromatic carbocycles. The molecule has 2 N–H and O–H groups in total. The van der Waals surface area contributed by atoms with Crippen molar-refractivity contribution >= 4 is 15.9 Å². The Labute approximate surface area is 135 Å². The van der Waals surface area contributed by atoms with Crippen LogP contribution in [0.5, 0.6) is 0 Å². The first-order chi connectivity index (χ1) is 9.78. The van der Waals surface area contributed by atoms with Crippen molar-refractivity contribution < 1.29 is 9.13 Å². The molecule has 0 radical (unpaired) electrons. The number of nitrogens with two attached hydrogens (primary N) is 1. The Balaban J connectivity index is 2.14. The van der Waals surface area contributed by atoms with Gasteiger partial charge in [-0.2, -0.15) is 0 Å². The number of hydrogen-bond donors (Lipinski definition) is 1. The lowest BCUT2D eigenvalue weighted by Gasteiger charge is -2.46. The molecule has 1 unspecified atom stereocenters. The van der Waals surface area contributed by atoms with E-state index in [0.717, 1.165) is 30.2 Å². The van der Waals surface area contributed by atoms with Gasteiger partial charge >= 0.3 is 0 Å². The van der Waals surface area contributed by atoms with Crippen LogP contribution in [0.25, 0.3) is 0 Å². The van der Waals surface area contributed by atoms with Crippen molar-refractivity contribution in [3.8, 4) is 0 Å². The third kappa shape index (κ3) is 3.85. The second-order valence-corrected chi connectivity index (χ2v) is 7.90. The second-order valence-electron chi connectivity index (χ2n) is 6.98. The highest BCUT2D eigenvalue weighted by Gasteiger charge is 2.42. The van der Waals surface area contributed by atoms with E-state index >= 15 is 0 Å². The van der Waals surface area contributed by atoms with E-state index in [1.807, 2.05) is 6.07 Å². The number of hydrogen-bond acceptors (Lipinski definition) is 2. The molecule has 1 aromatic rings. The molecule has 2 nitrogen and oxygen atoms in total. The summed E-state index contributed by atoms with van der Waals surface area (Å²) in [5.41, 5.74) is 7.10. The maximum atomic E-state index is 13.9. The normalized spacial score (nSPS) is 22.0. The molecular weight excluding hydrogens is 333 g/mol. The Kier molecular flexibility index (Phi) is 5.11. The van der Waals surface area contributed by atoms with Gasteiger partial charge in [0.2, 0.25) is 0 Å². The van der Waals surface area contributed by atoms with E-state index in [9.17, 15) is 4.39 Å². The molecule has 0 bridgehead atoms. The quantitative estimate of drug-likeness (QED) is 0.864. The fraction of sp³-hybridized carbons (Fsp3) is 0.647. The minimum absolute atomic E-state index is 0.192. The summed E-state index contributed by atoms with van der Waals surface area (Å²) in [6.07, 6.45) is 4.56. The zero-order valence-electron chi connectivity index (χ0n) is 13.1. The topological polar surface area (TPSA) is 35.2 Å². The molecule has 2 rings (SSSR count). The summed E-state index contributed by atoms with van der Waals surface area (Å²) in [5, 5.41) is 0. The number of benzene rings is 1. The molecule has 0 aliphatic heterocycles. The molecular formula is C17H25BrFNO. The van der Waals surface area contributed by atoms with Gasteiger partial charge in [0, 0.05) is 17.6 Å². The highest BCUT2D eigenvalue weighted by Crippen LogP contribution is 2.43. The predicted molar refractivity (Wildman–Crippen MR) is 87.8 cm³/mol. The van der Waals surface area contributed by atoms with Gasteiger partial charge in [-0.25, -0.2) is 4.39 Å². The van der Waals surface area contributed by atoms with E-state index in [1.54, 1.807) is 13.2 Å². The number of halogens is 2. The molecule has 21 heavy (non-hydrogen) atoms. The van der Waals surface area contributed by atoms with Crippen LogP contribution < -0.4 is 5.73 Å². The summed E-state index contributed by atoms with van der Waals surface area (Å²) in [7, 11) is 1.73. The van der Waals surface area contributed by atoms with E-state index in [0.29, 0.717) is 17.4 Å². The second kappa shape index (κ2) is 6.35. The average molecular weight is 358 g/mol. The maximum absolute atomic E-state index is 13.9. The lowest BCUT2D eigenvalue weighted by atomic mass is 9.68.